The molecule has 1 heterocycles. The number of hydrogen-bond donors (Lipinski definition) is 1. The molecule has 182 valence electrons. The van der Waals surface area contributed by atoms with E-state index in [-0.39, 0.29) is 11.7 Å². The van der Waals surface area contributed by atoms with E-state index in [1.165, 1.54) is 0 Å². The monoisotopic (exact) mass is 489 g/mol. The Morgan fingerprint density at radius 2 is 1.62 bits per heavy atom. The molecule has 0 unspecified atom stereocenters. The number of hydrogen-bond acceptors (Lipinski definition) is 6. The fourth-order valence-corrected chi connectivity index (χ4v) is 4.35. The molecule has 7 heteroatoms. The third-order valence-corrected chi connectivity index (χ3v) is 6.25. The Hall–Kier alpha value is -4.96. The van der Waals surface area contributed by atoms with Crippen LogP contribution in [0.5, 0.6) is 5.75 Å². The van der Waals surface area contributed by atoms with E-state index in [2.05, 4.69) is 16.6 Å². The van der Waals surface area contributed by atoms with Crippen LogP contribution >= 0.6 is 0 Å². The normalized spacial score (nSPS) is 13.5. The van der Waals surface area contributed by atoms with Gasteiger partial charge < -0.3 is 9.15 Å². The Bertz CT molecular complexity index is 1530. The maximum atomic E-state index is 13.0. The first-order valence-corrected chi connectivity index (χ1v) is 11.9. The van der Waals surface area contributed by atoms with Crippen molar-refractivity contribution in [2.45, 2.75) is 26.2 Å². The molecule has 4 aromatic rings. The van der Waals surface area contributed by atoms with Crippen molar-refractivity contribution < 1.29 is 18.7 Å². The maximum Gasteiger partial charge on any atom is 0.379 e. The van der Waals surface area contributed by atoms with Crippen LogP contribution in [0.4, 0.5) is 0 Å². The number of rotatable bonds is 5. The number of carbonyl (C=O) groups is 2. The van der Waals surface area contributed by atoms with Gasteiger partial charge in [0.15, 0.2) is 0 Å². The van der Waals surface area contributed by atoms with E-state index in [0.717, 1.165) is 23.1 Å². The topological polar surface area (TPSA) is 105 Å². The number of esters is 1. The van der Waals surface area contributed by atoms with Crippen LogP contribution in [0.1, 0.15) is 56.2 Å². The van der Waals surface area contributed by atoms with E-state index >= 15 is 0 Å². The number of fused-ring (bicyclic) bond motifs is 1. The Kier molecular flexibility index (Phi) is 6.64. The van der Waals surface area contributed by atoms with E-state index in [0.29, 0.717) is 46.8 Å². The molecule has 3 aromatic carbocycles. The van der Waals surface area contributed by atoms with Gasteiger partial charge in [-0.05, 0) is 67.3 Å². The average molecular weight is 490 g/mol. The molecule has 0 fully saturated rings. The Balaban J connectivity index is 1.31. The number of amides is 1. The largest absolute Gasteiger partial charge is 0.453 e. The summed E-state index contributed by atoms with van der Waals surface area (Å²) in [6, 6.07) is 25.4. The van der Waals surface area contributed by atoms with Gasteiger partial charge in [0, 0.05) is 23.1 Å². The number of nitrogens with one attached hydrogen (secondary N) is 1. The van der Waals surface area contributed by atoms with E-state index in [1.54, 1.807) is 55.5 Å². The number of benzene rings is 3. The van der Waals surface area contributed by atoms with E-state index < -0.39 is 5.97 Å². The van der Waals surface area contributed by atoms with Crippen LogP contribution in [0.25, 0.3) is 11.1 Å². The number of hydrazone groups is 1. The van der Waals surface area contributed by atoms with E-state index in [1.807, 2.05) is 30.3 Å². The van der Waals surface area contributed by atoms with Crippen LogP contribution in [0, 0.1) is 18.3 Å². The van der Waals surface area contributed by atoms with Crippen LogP contribution in [-0.4, -0.2) is 17.6 Å². The average Bonchev–Trinajstić information content (AvgIpc) is 3.29. The zero-order chi connectivity index (χ0) is 25.8. The molecule has 7 nitrogen and oxygen atoms in total. The second-order valence-corrected chi connectivity index (χ2v) is 8.68. The molecule has 0 atom stereocenters. The molecule has 1 aliphatic carbocycles. The van der Waals surface area contributed by atoms with E-state index in [4.69, 9.17) is 14.4 Å². The van der Waals surface area contributed by atoms with Crippen molar-refractivity contribution in [1.82, 2.24) is 5.43 Å². The van der Waals surface area contributed by atoms with Gasteiger partial charge in [-0.15, -0.1) is 0 Å². The van der Waals surface area contributed by atoms with Crippen LogP contribution in [0.2, 0.25) is 0 Å². The van der Waals surface area contributed by atoms with Crippen LogP contribution in [0.15, 0.2) is 88.4 Å². The maximum absolute atomic E-state index is 13.0. The highest BCUT2D eigenvalue weighted by atomic mass is 16.5. The van der Waals surface area contributed by atoms with Gasteiger partial charge in [-0.1, -0.05) is 42.5 Å². The predicted molar refractivity (Wildman–Crippen MR) is 138 cm³/mol. The Morgan fingerprint density at radius 3 is 2.30 bits per heavy atom. The lowest BCUT2D eigenvalue weighted by Gasteiger charge is -2.13. The first-order chi connectivity index (χ1) is 18.0. The van der Waals surface area contributed by atoms with Crippen molar-refractivity contribution in [3.63, 3.8) is 0 Å². The summed E-state index contributed by atoms with van der Waals surface area (Å²) in [6.07, 6.45) is 2.13. The van der Waals surface area contributed by atoms with Crippen LogP contribution < -0.4 is 10.2 Å². The molecule has 0 spiro atoms. The molecule has 0 radical (unpaired) electrons. The van der Waals surface area contributed by atoms with E-state index in [9.17, 15) is 9.59 Å². The smallest absolute Gasteiger partial charge is 0.379 e. The fourth-order valence-electron chi connectivity index (χ4n) is 4.35. The Labute approximate surface area is 214 Å². The summed E-state index contributed by atoms with van der Waals surface area (Å²) < 4.78 is 11.5. The van der Waals surface area contributed by atoms with Crippen LogP contribution in [0.3, 0.4) is 0 Å². The summed E-state index contributed by atoms with van der Waals surface area (Å²) in [4.78, 5) is 25.4. The zero-order valence-electron chi connectivity index (χ0n) is 20.2. The standard InChI is InChI=1S/C30H23N3O4/c1-19-27-25(32-33-29(34)23-6-3-2-4-7-23)8-5-9-26(27)37-28(19)30(35)36-24-16-14-22(15-17-24)21-12-10-20(18-31)11-13-21/h2-4,6-7,10-17H,5,8-9H2,1H3,(H,33,34)/b32-25+. The van der Waals surface area contributed by atoms with Gasteiger partial charge in [-0.3, -0.25) is 4.79 Å². The quantitative estimate of drug-likeness (QED) is 0.216. The number of ether oxygens (including phenoxy) is 1. The minimum absolute atomic E-state index is 0.130. The minimum atomic E-state index is -0.592. The molecule has 0 saturated heterocycles. The summed E-state index contributed by atoms with van der Waals surface area (Å²) in [5, 5.41) is 13.3. The highest BCUT2D eigenvalue weighted by molar-refractivity contribution is 6.06. The number of furan rings is 1. The molecule has 0 saturated carbocycles. The van der Waals surface area contributed by atoms with Crippen molar-refractivity contribution in [3.8, 4) is 22.9 Å². The van der Waals surface area contributed by atoms with Crippen LogP contribution in [-0.2, 0) is 6.42 Å². The molecular weight excluding hydrogens is 466 g/mol. The number of aryl methyl sites for hydroxylation is 1. The lowest BCUT2D eigenvalue weighted by molar-refractivity contribution is 0.0698. The Morgan fingerprint density at radius 1 is 0.946 bits per heavy atom. The van der Waals surface area contributed by atoms with Gasteiger partial charge in [0.2, 0.25) is 5.76 Å². The molecule has 5 rings (SSSR count). The number of nitriles is 1. The molecule has 1 N–H and O–H groups in total. The highest BCUT2D eigenvalue weighted by Crippen LogP contribution is 2.31. The molecule has 1 amide bonds. The van der Waals surface area contributed by atoms with Gasteiger partial charge >= 0.3 is 5.97 Å². The lowest BCUT2D eigenvalue weighted by atomic mass is 9.93. The summed E-state index contributed by atoms with van der Waals surface area (Å²) >= 11 is 0. The predicted octanol–water partition coefficient (Wildman–Crippen LogP) is 5.82. The minimum Gasteiger partial charge on any atom is -0.453 e. The second-order valence-electron chi connectivity index (χ2n) is 8.68. The molecule has 1 aliphatic rings. The van der Waals surface area contributed by atoms with Gasteiger partial charge in [0.1, 0.15) is 11.5 Å². The summed E-state index contributed by atoms with van der Waals surface area (Å²) in [7, 11) is 0. The van der Waals surface area contributed by atoms with Gasteiger partial charge in [-0.2, -0.15) is 10.4 Å². The number of nitrogens with zero attached hydrogens (tertiary/aromatic N) is 2. The molecule has 0 bridgehead atoms. The second kappa shape index (κ2) is 10.3. The third-order valence-electron chi connectivity index (χ3n) is 6.25. The fraction of sp³-hybridized carbons (Fsp3) is 0.133. The third kappa shape index (κ3) is 5.04. The zero-order valence-corrected chi connectivity index (χ0v) is 20.2. The highest BCUT2D eigenvalue weighted by Gasteiger charge is 2.29. The summed E-state index contributed by atoms with van der Waals surface area (Å²) in [6.45, 7) is 1.80. The number of carbonyl (C=O) groups excluding carboxylic acids is 2. The van der Waals surface area contributed by atoms with Gasteiger partial charge in [0.25, 0.3) is 5.91 Å². The van der Waals surface area contributed by atoms with Crippen molar-refractivity contribution in [3.05, 3.63) is 113 Å². The summed E-state index contributed by atoms with van der Waals surface area (Å²) in [5.41, 5.74) is 7.69. The molecular formula is C30H23N3O4. The van der Waals surface area contributed by atoms with Crippen molar-refractivity contribution >= 4 is 17.6 Å². The molecule has 37 heavy (non-hydrogen) atoms. The van der Waals surface area contributed by atoms with Crippen molar-refractivity contribution in [2.75, 3.05) is 0 Å². The van der Waals surface area contributed by atoms with Gasteiger partial charge in [0.05, 0.1) is 17.3 Å². The summed E-state index contributed by atoms with van der Waals surface area (Å²) in [5.74, 6) is 0.293. The first kappa shape index (κ1) is 23.8. The van der Waals surface area contributed by atoms with Crippen molar-refractivity contribution in [2.24, 2.45) is 5.10 Å². The molecule has 1 aromatic heterocycles. The van der Waals surface area contributed by atoms with Crippen molar-refractivity contribution in [1.29, 1.82) is 5.26 Å². The van der Waals surface area contributed by atoms with Gasteiger partial charge in [-0.25, -0.2) is 10.2 Å². The SMILES string of the molecule is Cc1c(C(=O)Oc2ccc(-c3ccc(C#N)cc3)cc2)oc2c1/C(=N/NC(=O)c1ccccc1)CCC2. The lowest BCUT2D eigenvalue weighted by Crippen LogP contribution is -2.22. The molecule has 0 aliphatic heterocycles. The first-order valence-electron chi connectivity index (χ1n) is 11.9.